The first-order chi connectivity index (χ1) is 17.1. The van der Waals surface area contributed by atoms with E-state index in [1.807, 2.05) is 0 Å². The van der Waals surface area contributed by atoms with Crippen molar-refractivity contribution in [3.63, 3.8) is 0 Å². The molecule has 0 bridgehead atoms. The van der Waals surface area contributed by atoms with Gasteiger partial charge in [0.05, 0.1) is 0 Å². The van der Waals surface area contributed by atoms with Gasteiger partial charge in [0.25, 0.3) is 0 Å². The van der Waals surface area contributed by atoms with E-state index in [0.717, 1.165) is 38.9 Å². The lowest BCUT2D eigenvalue weighted by molar-refractivity contribution is -0.132. The number of carbonyl (C=O) groups is 1. The van der Waals surface area contributed by atoms with Crippen molar-refractivity contribution in [2.75, 3.05) is 13.1 Å². The number of aryl methyl sites for hydroxylation is 2. The van der Waals surface area contributed by atoms with Crippen LogP contribution in [-0.2, 0) is 17.8 Å². The van der Waals surface area contributed by atoms with Crippen LogP contribution in [0.1, 0.15) is 54.4 Å². The molecule has 0 N–H and O–H groups in total. The van der Waals surface area contributed by atoms with E-state index < -0.39 is 0 Å². The third-order valence-electron chi connectivity index (χ3n) is 7.73. The molecule has 1 amide bonds. The largest absolute Gasteiger partial charge is 0.347 e. The van der Waals surface area contributed by atoms with Crippen LogP contribution in [0.15, 0.2) is 85.1 Å². The lowest BCUT2D eigenvalue weighted by Crippen LogP contribution is -2.39. The second-order valence-corrected chi connectivity index (χ2v) is 10.1. The summed E-state index contributed by atoms with van der Waals surface area (Å²) in [5.41, 5.74) is 6.39. The molecule has 4 aromatic rings. The lowest BCUT2D eigenvalue weighted by Gasteiger charge is -2.33. The minimum atomic E-state index is 0.0582. The van der Waals surface area contributed by atoms with Gasteiger partial charge >= 0.3 is 0 Å². The van der Waals surface area contributed by atoms with Gasteiger partial charge in [-0.25, -0.2) is 0 Å². The van der Waals surface area contributed by atoms with Crippen molar-refractivity contribution in [1.29, 1.82) is 0 Å². The molecule has 1 atom stereocenters. The Balaban J connectivity index is 1.35. The van der Waals surface area contributed by atoms with Crippen LogP contribution in [0.5, 0.6) is 0 Å². The van der Waals surface area contributed by atoms with Crippen molar-refractivity contribution in [2.45, 2.75) is 52.0 Å². The number of aromatic nitrogens is 1. The van der Waals surface area contributed by atoms with E-state index in [4.69, 9.17) is 0 Å². The molecule has 0 saturated carbocycles. The molecule has 2 heterocycles. The molecule has 1 aliphatic heterocycles. The maximum Gasteiger partial charge on any atom is 0.223 e. The average Bonchev–Trinajstić information content (AvgIpc) is 3.27. The number of hydrogen-bond donors (Lipinski definition) is 0. The highest BCUT2D eigenvalue weighted by Crippen LogP contribution is 2.36. The molecule has 3 heteroatoms. The molecule has 1 aromatic heterocycles. The van der Waals surface area contributed by atoms with Gasteiger partial charge in [-0.3, -0.25) is 4.79 Å². The summed E-state index contributed by atoms with van der Waals surface area (Å²) in [6.45, 7) is 6.96. The molecular weight excluding hydrogens is 428 g/mol. The number of amides is 1. The Bertz CT molecular complexity index is 1260. The third kappa shape index (κ3) is 5.19. The van der Waals surface area contributed by atoms with E-state index in [1.165, 1.54) is 33.2 Å². The van der Waals surface area contributed by atoms with Crippen molar-refractivity contribution in [1.82, 2.24) is 9.47 Å². The van der Waals surface area contributed by atoms with Crippen molar-refractivity contribution in [3.8, 4) is 0 Å². The van der Waals surface area contributed by atoms with Crippen LogP contribution in [0.25, 0.3) is 10.9 Å². The summed E-state index contributed by atoms with van der Waals surface area (Å²) in [6, 6.07) is 28.1. The van der Waals surface area contributed by atoms with Crippen molar-refractivity contribution in [3.05, 3.63) is 107 Å². The van der Waals surface area contributed by atoms with Crippen LogP contribution in [0.4, 0.5) is 0 Å². The molecule has 35 heavy (non-hydrogen) atoms. The first-order valence-corrected chi connectivity index (χ1v) is 13.1. The number of nitrogens with zero attached hydrogens (tertiary/aromatic N) is 2. The van der Waals surface area contributed by atoms with Crippen molar-refractivity contribution >= 4 is 16.8 Å². The molecule has 3 aromatic carbocycles. The van der Waals surface area contributed by atoms with E-state index in [1.54, 1.807) is 0 Å². The van der Waals surface area contributed by atoms with Gasteiger partial charge in [-0.2, -0.15) is 0 Å². The normalized spacial score (nSPS) is 15.4. The van der Waals surface area contributed by atoms with Gasteiger partial charge in [0.2, 0.25) is 5.91 Å². The summed E-state index contributed by atoms with van der Waals surface area (Å²) in [7, 11) is 0. The van der Waals surface area contributed by atoms with Gasteiger partial charge in [0, 0.05) is 49.1 Å². The minimum Gasteiger partial charge on any atom is -0.347 e. The number of carbonyl (C=O) groups excluding carboxylic acids is 1. The fourth-order valence-corrected chi connectivity index (χ4v) is 5.66. The maximum atomic E-state index is 13.6. The van der Waals surface area contributed by atoms with E-state index in [-0.39, 0.29) is 11.8 Å². The predicted octanol–water partition coefficient (Wildman–Crippen LogP) is 6.97. The second kappa shape index (κ2) is 10.5. The number of piperidine rings is 1. The van der Waals surface area contributed by atoms with E-state index in [2.05, 4.69) is 108 Å². The number of benzene rings is 3. The zero-order valence-corrected chi connectivity index (χ0v) is 21.0. The van der Waals surface area contributed by atoms with E-state index in [9.17, 15) is 4.79 Å². The van der Waals surface area contributed by atoms with Crippen LogP contribution in [0.2, 0.25) is 0 Å². The van der Waals surface area contributed by atoms with Crippen LogP contribution in [0, 0.1) is 12.8 Å². The highest BCUT2D eigenvalue weighted by atomic mass is 16.2. The van der Waals surface area contributed by atoms with Gasteiger partial charge in [-0.05, 0) is 61.8 Å². The monoisotopic (exact) mass is 464 g/mol. The zero-order valence-electron chi connectivity index (χ0n) is 21.0. The number of likely N-dealkylation sites (tertiary alicyclic amines) is 1. The van der Waals surface area contributed by atoms with Gasteiger partial charge < -0.3 is 9.47 Å². The molecule has 1 fully saturated rings. The van der Waals surface area contributed by atoms with Crippen LogP contribution < -0.4 is 0 Å². The van der Waals surface area contributed by atoms with Gasteiger partial charge in [0.1, 0.15) is 0 Å². The maximum absolute atomic E-state index is 13.6. The van der Waals surface area contributed by atoms with Crippen LogP contribution in [-0.4, -0.2) is 28.5 Å². The van der Waals surface area contributed by atoms with Crippen LogP contribution >= 0.6 is 0 Å². The molecule has 1 unspecified atom stereocenters. The quantitative estimate of drug-likeness (QED) is 0.290. The smallest absolute Gasteiger partial charge is 0.223 e. The summed E-state index contributed by atoms with van der Waals surface area (Å²) in [4.78, 5) is 15.7. The molecule has 1 aliphatic rings. The summed E-state index contributed by atoms with van der Waals surface area (Å²) in [5.74, 6) is 1.00. The molecule has 0 aliphatic carbocycles. The Morgan fingerprint density at radius 2 is 1.60 bits per heavy atom. The molecule has 5 rings (SSSR count). The Kier molecular flexibility index (Phi) is 7.03. The van der Waals surface area contributed by atoms with Crippen molar-refractivity contribution < 1.29 is 4.79 Å². The number of para-hydroxylation sites is 1. The highest BCUT2D eigenvalue weighted by molar-refractivity contribution is 5.86. The molecule has 0 spiro atoms. The number of fused-ring (bicyclic) bond motifs is 1. The van der Waals surface area contributed by atoms with Gasteiger partial charge in [-0.15, -0.1) is 0 Å². The first kappa shape index (κ1) is 23.4. The standard InChI is InChI=1S/C32H36N2O/c1-3-33-23-30(28-11-7-8-12-31(28)33)29(27-15-13-24(2)14-16-27)22-32(35)34-19-17-26(18-20-34)21-25-9-5-4-6-10-25/h4-16,23,26,29H,3,17-22H2,1-2H3. The second-order valence-electron chi connectivity index (χ2n) is 10.1. The Morgan fingerprint density at radius 3 is 2.31 bits per heavy atom. The molecule has 0 radical (unpaired) electrons. The molecule has 1 saturated heterocycles. The molecule has 180 valence electrons. The summed E-state index contributed by atoms with van der Waals surface area (Å²) >= 11 is 0. The zero-order chi connectivity index (χ0) is 24.2. The first-order valence-electron chi connectivity index (χ1n) is 13.1. The average molecular weight is 465 g/mol. The Morgan fingerprint density at radius 1 is 0.914 bits per heavy atom. The SMILES string of the molecule is CCn1cc(C(CC(=O)N2CCC(Cc3ccccc3)CC2)c2ccc(C)cc2)c2ccccc21. The minimum absolute atomic E-state index is 0.0582. The summed E-state index contributed by atoms with van der Waals surface area (Å²) in [5, 5.41) is 1.26. The third-order valence-corrected chi connectivity index (χ3v) is 7.73. The Labute approximate surface area is 209 Å². The van der Waals surface area contributed by atoms with Crippen LogP contribution in [0.3, 0.4) is 0 Å². The highest BCUT2D eigenvalue weighted by Gasteiger charge is 2.28. The van der Waals surface area contributed by atoms with E-state index >= 15 is 0 Å². The molecular formula is C32H36N2O. The van der Waals surface area contributed by atoms with Gasteiger partial charge in [-0.1, -0.05) is 78.4 Å². The lowest BCUT2D eigenvalue weighted by atomic mass is 9.86. The number of hydrogen-bond acceptors (Lipinski definition) is 1. The fraction of sp³-hybridized carbons (Fsp3) is 0.344. The summed E-state index contributed by atoms with van der Waals surface area (Å²) in [6.07, 6.45) is 6.08. The van der Waals surface area contributed by atoms with Gasteiger partial charge in [0.15, 0.2) is 0 Å². The summed E-state index contributed by atoms with van der Waals surface area (Å²) < 4.78 is 2.31. The van der Waals surface area contributed by atoms with E-state index in [0.29, 0.717) is 12.3 Å². The number of rotatable bonds is 7. The molecule has 3 nitrogen and oxygen atoms in total. The predicted molar refractivity (Wildman–Crippen MR) is 145 cm³/mol. The topological polar surface area (TPSA) is 25.2 Å². The fourth-order valence-electron chi connectivity index (χ4n) is 5.66. The van der Waals surface area contributed by atoms with Crippen molar-refractivity contribution in [2.24, 2.45) is 5.92 Å². The Hall–Kier alpha value is -3.33.